The molecular weight excluding hydrogens is 270 g/mol. The molecule has 1 aliphatic carbocycles. The number of anilines is 1. The van der Waals surface area contributed by atoms with Crippen molar-refractivity contribution >= 4 is 17.6 Å². The van der Waals surface area contributed by atoms with Crippen LogP contribution in [0.3, 0.4) is 0 Å². The fourth-order valence-corrected chi connectivity index (χ4v) is 2.78. The van der Waals surface area contributed by atoms with Crippen LogP contribution in [0.15, 0.2) is 10.6 Å². The molecule has 1 aromatic rings. The van der Waals surface area contributed by atoms with Gasteiger partial charge in [0.1, 0.15) is 12.3 Å². The first-order valence-corrected chi connectivity index (χ1v) is 7.62. The lowest BCUT2D eigenvalue weighted by Crippen LogP contribution is -2.45. The maximum absolute atomic E-state index is 12.1. The Morgan fingerprint density at radius 1 is 1.38 bits per heavy atom. The third-order valence-corrected chi connectivity index (χ3v) is 3.85. The van der Waals surface area contributed by atoms with Crippen LogP contribution in [0.4, 0.5) is 5.82 Å². The smallest absolute Gasteiger partial charge is 0.245 e. The van der Waals surface area contributed by atoms with Crippen LogP contribution in [0.1, 0.15) is 51.2 Å². The maximum Gasteiger partial charge on any atom is 0.245 e. The van der Waals surface area contributed by atoms with Crippen molar-refractivity contribution in [2.45, 2.75) is 58.4 Å². The molecule has 1 fully saturated rings. The minimum Gasteiger partial charge on any atom is -0.360 e. The number of aryl methyl sites for hydroxylation is 1. The van der Waals surface area contributed by atoms with E-state index < -0.39 is 0 Å². The van der Waals surface area contributed by atoms with Gasteiger partial charge in [-0.15, -0.1) is 0 Å². The molecule has 116 valence electrons. The van der Waals surface area contributed by atoms with Gasteiger partial charge in [0.2, 0.25) is 11.8 Å². The first-order valence-electron chi connectivity index (χ1n) is 7.62. The van der Waals surface area contributed by atoms with E-state index in [-0.39, 0.29) is 24.4 Å². The van der Waals surface area contributed by atoms with Crippen LogP contribution in [0.25, 0.3) is 0 Å². The summed E-state index contributed by atoms with van der Waals surface area (Å²) in [6.07, 6.45) is 5.87. The van der Waals surface area contributed by atoms with Crippen molar-refractivity contribution in [3.05, 3.63) is 11.8 Å². The van der Waals surface area contributed by atoms with E-state index in [1.54, 1.807) is 17.9 Å². The predicted octanol–water partition coefficient (Wildman–Crippen LogP) is 2.49. The average Bonchev–Trinajstić information content (AvgIpc) is 2.90. The van der Waals surface area contributed by atoms with Gasteiger partial charge in [-0.25, -0.2) is 0 Å². The van der Waals surface area contributed by atoms with E-state index in [0.717, 1.165) is 25.7 Å². The number of carbonyl (C=O) groups excluding carboxylic acids is 2. The molecule has 0 spiro atoms. The zero-order chi connectivity index (χ0) is 15.2. The van der Waals surface area contributed by atoms with Crippen LogP contribution in [0, 0.1) is 6.92 Å². The number of carbonyl (C=O) groups is 2. The van der Waals surface area contributed by atoms with Crippen molar-refractivity contribution in [1.29, 1.82) is 0 Å². The fraction of sp³-hybridized carbons (Fsp3) is 0.667. The minimum atomic E-state index is -0.226. The summed E-state index contributed by atoms with van der Waals surface area (Å²) < 4.78 is 4.91. The quantitative estimate of drug-likeness (QED) is 0.905. The SMILES string of the molecule is CCC(=O)N(CC(=O)Nc1cc(C)on1)C1CCCCC1. The predicted molar refractivity (Wildman–Crippen MR) is 78.7 cm³/mol. The molecule has 1 aliphatic rings. The lowest BCUT2D eigenvalue weighted by atomic mass is 9.94. The van der Waals surface area contributed by atoms with Crippen molar-refractivity contribution in [2.24, 2.45) is 0 Å². The molecule has 0 atom stereocenters. The monoisotopic (exact) mass is 293 g/mol. The third-order valence-electron chi connectivity index (χ3n) is 3.85. The molecule has 6 nitrogen and oxygen atoms in total. The molecule has 1 N–H and O–H groups in total. The number of rotatable bonds is 5. The summed E-state index contributed by atoms with van der Waals surface area (Å²) in [5, 5.41) is 6.40. The number of amides is 2. The second-order valence-electron chi connectivity index (χ2n) is 5.54. The van der Waals surface area contributed by atoms with E-state index in [0.29, 0.717) is 18.0 Å². The topological polar surface area (TPSA) is 75.4 Å². The molecule has 0 bridgehead atoms. The van der Waals surface area contributed by atoms with E-state index in [1.807, 2.05) is 6.92 Å². The Balaban J connectivity index is 1.96. The second kappa shape index (κ2) is 7.24. The first-order chi connectivity index (χ1) is 10.1. The highest BCUT2D eigenvalue weighted by molar-refractivity contribution is 5.93. The van der Waals surface area contributed by atoms with Crippen LogP contribution in [0.2, 0.25) is 0 Å². The van der Waals surface area contributed by atoms with Crippen molar-refractivity contribution in [3.63, 3.8) is 0 Å². The number of aromatic nitrogens is 1. The Labute approximate surface area is 124 Å². The number of hydrogen-bond acceptors (Lipinski definition) is 4. The molecule has 0 radical (unpaired) electrons. The maximum atomic E-state index is 12.1. The molecule has 1 heterocycles. The van der Waals surface area contributed by atoms with Gasteiger partial charge in [0.15, 0.2) is 5.82 Å². The normalized spacial score (nSPS) is 15.7. The summed E-state index contributed by atoms with van der Waals surface area (Å²) in [7, 11) is 0. The van der Waals surface area contributed by atoms with Crippen molar-refractivity contribution in [2.75, 3.05) is 11.9 Å². The summed E-state index contributed by atoms with van der Waals surface area (Å²) >= 11 is 0. The molecule has 0 unspecified atom stereocenters. The Morgan fingerprint density at radius 3 is 2.67 bits per heavy atom. The van der Waals surface area contributed by atoms with Crippen LogP contribution >= 0.6 is 0 Å². The summed E-state index contributed by atoms with van der Waals surface area (Å²) in [5.41, 5.74) is 0. The van der Waals surface area contributed by atoms with Crippen LogP contribution in [0.5, 0.6) is 0 Å². The highest BCUT2D eigenvalue weighted by atomic mass is 16.5. The highest BCUT2D eigenvalue weighted by Crippen LogP contribution is 2.23. The van der Waals surface area contributed by atoms with Gasteiger partial charge >= 0.3 is 0 Å². The fourth-order valence-electron chi connectivity index (χ4n) is 2.78. The standard InChI is InChI=1S/C15H23N3O3/c1-3-15(20)18(12-7-5-4-6-8-12)10-14(19)16-13-9-11(2)21-17-13/h9,12H,3-8,10H2,1-2H3,(H,16,17,19). The number of nitrogens with zero attached hydrogens (tertiary/aromatic N) is 2. The summed E-state index contributed by atoms with van der Waals surface area (Å²) in [6, 6.07) is 1.85. The molecule has 2 amide bonds. The van der Waals surface area contributed by atoms with Gasteiger partial charge in [-0.2, -0.15) is 0 Å². The lowest BCUT2D eigenvalue weighted by molar-refractivity contribution is -0.137. The highest BCUT2D eigenvalue weighted by Gasteiger charge is 2.26. The molecule has 0 aliphatic heterocycles. The summed E-state index contributed by atoms with van der Waals surface area (Å²) in [5.74, 6) is 0.841. The average molecular weight is 293 g/mol. The second-order valence-corrected chi connectivity index (χ2v) is 5.54. The molecule has 0 saturated heterocycles. The number of nitrogens with one attached hydrogen (secondary N) is 1. The van der Waals surface area contributed by atoms with E-state index in [2.05, 4.69) is 10.5 Å². The first kappa shape index (κ1) is 15.5. The molecule has 1 saturated carbocycles. The Morgan fingerprint density at radius 2 is 2.10 bits per heavy atom. The Bertz CT molecular complexity index is 492. The van der Waals surface area contributed by atoms with Gasteiger partial charge < -0.3 is 14.7 Å². The van der Waals surface area contributed by atoms with Crippen molar-refractivity contribution in [3.8, 4) is 0 Å². The Hall–Kier alpha value is -1.85. The van der Waals surface area contributed by atoms with E-state index in [4.69, 9.17) is 4.52 Å². The van der Waals surface area contributed by atoms with Gasteiger partial charge in [0.25, 0.3) is 0 Å². The third kappa shape index (κ3) is 4.31. The number of hydrogen-bond donors (Lipinski definition) is 1. The van der Waals surface area contributed by atoms with Crippen LogP contribution < -0.4 is 5.32 Å². The minimum absolute atomic E-state index is 0.0355. The van der Waals surface area contributed by atoms with Gasteiger partial charge in [0.05, 0.1) is 0 Å². The van der Waals surface area contributed by atoms with Gasteiger partial charge in [-0.3, -0.25) is 9.59 Å². The summed E-state index contributed by atoms with van der Waals surface area (Å²) in [6.45, 7) is 3.68. The van der Waals surface area contributed by atoms with Gasteiger partial charge in [0, 0.05) is 18.5 Å². The molecule has 1 aromatic heterocycles. The van der Waals surface area contributed by atoms with E-state index >= 15 is 0 Å². The molecule has 0 aromatic carbocycles. The molecule has 2 rings (SSSR count). The van der Waals surface area contributed by atoms with E-state index in [1.165, 1.54) is 6.42 Å². The van der Waals surface area contributed by atoms with Crippen molar-refractivity contribution < 1.29 is 14.1 Å². The van der Waals surface area contributed by atoms with Crippen LogP contribution in [-0.4, -0.2) is 34.5 Å². The van der Waals surface area contributed by atoms with E-state index in [9.17, 15) is 9.59 Å². The van der Waals surface area contributed by atoms with Crippen molar-refractivity contribution in [1.82, 2.24) is 10.1 Å². The van der Waals surface area contributed by atoms with Gasteiger partial charge in [-0.05, 0) is 19.8 Å². The summed E-state index contributed by atoms with van der Waals surface area (Å²) in [4.78, 5) is 25.9. The zero-order valence-electron chi connectivity index (χ0n) is 12.7. The molecular formula is C15H23N3O3. The molecule has 21 heavy (non-hydrogen) atoms. The lowest BCUT2D eigenvalue weighted by Gasteiger charge is -2.33. The largest absolute Gasteiger partial charge is 0.360 e. The van der Waals surface area contributed by atoms with Gasteiger partial charge in [-0.1, -0.05) is 31.3 Å². The zero-order valence-corrected chi connectivity index (χ0v) is 12.7. The Kier molecular flexibility index (Phi) is 5.36. The van der Waals surface area contributed by atoms with Crippen LogP contribution in [-0.2, 0) is 9.59 Å². The molecule has 6 heteroatoms.